The normalized spacial score (nSPS) is 10.6. The molecule has 0 aliphatic heterocycles. The summed E-state index contributed by atoms with van der Waals surface area (Å²) >= 11 is 2.94. The molecule has 2 aromatic carbocycles. The molecule has 1 nitrogen and oxygen atoms in total. The lowest BCUT2D eigenvalue weighted by atomic mass is 9.96. The number of hydrogen-bond donors (Lipinski definition) is 0. The van der Waals surface area contributed by atoms with Crippen LogP contribution in [0.25, 0.3) is 0 Å². The van der Waals surface area contributed by atoms with E-state index in [0.29, 0.717) is 5.56 Å². The Labute approximate surface area is 118 Å². The molecule has 0 fully saturated rings. The van der Waals surface area contributed by atoms with Crippen LogP contribution in [0.1, 0.15) is 27.0 Å². The zero-order valence-electron chi connectivity index (χ0n) is 10.4. The topological polar surface area (TPSA) is 17.1 Å². The van der Waals surface area contributed by atoms with E-state index in [1.54, 1.807) is 12.1 Å². The highest BCUT2D eigenvalue weighted by Crippen LogP contribution is 2.26. The van der Waals surface area contributed by atoms with Gasteiger partial charge in [-0.25, -0.2) is 8.78 Å². The Kier molecular flexibility index (Phi) is 3.80. The third kappa shape index (κ3) is 2.45. The molecule has 0 saturated heterocycles. The van der Waals surface area contributed by atoms with E-state index >= 15 is 0 Å². The van der Waals surface area contributed by atoms with E-state index in [1.165, 1.54) is 6.07 Å². The van der Waals surface area contributed by atoms with Gasteiger partial charge in [0.15, 0.2) is 17.4 Å². The van der Waals surface area contributed by atoms with Crippen LogP contribution in [0.4, 0.5) is 8.78 Å². The van der Waals surface area contributed by atoms with E-state index in [0.717, 1.165) is 17.2 Å². The van der Waals surface area contributed by atoms with Crippen LogP contribution in [0, 0.1) is 25.5 Å². The smallest absolute Gasteiger partial charge is 0.194 e. The number of ketones is 1. The molecule has 0 amide bonds. The van der Waals surface area contributed by atoms with Crippen molar-refractivity contribution in [3.05, 3.63) is 68.7 Å². The third-order valence-corrected chi connectivity index (χ3v) is 3.90. The van der Waals surface area contributed by atoms with E-state index in [2.05, 4.69) is 15.9 Å². The third-order valence-electron chi connectivity index (χ3n) is 3.13. The van der Waals surface area contributed by atoms with Crippen LogP contribution < -0.4 is 0 Å². The lowest BCUT2D eigenvalue weighted by Gasteiger charge is -2.09. The molecule has 0 spiro atoms. The Morgan fingerprint density at radius 3 is 2.42 bits per heavy atom. The lowest BCUT2D eigenvalue weighted by Crippen LogP contribution is -2.07. The molecule has 0 aliphatic carbocycles. The highest BCUT2D eigenvalue weighted by atomic mass is 79.9. The van der Waals surface area contributed by atoms with Crippen LogP contribution >= 0.6 is 15.9 Å². The predicted molar refractivity (Wildman–Crippen MR) is 73.4 cm³/mol. The second-order valence-electron chi connectivity index (χ2n) is 4.30. The molecule has 0 bridgehead atoms. The molecule has 0 heterocycles. The zero-order chi connectivity index (χ0) is 14.2. The summed E-state index contributed by atoms with van der Waals surface area (Å²) in [5.74, 6) is -2.35. The summed E-state index contributed by atoms with van der Waals surface area (Å²) in [6, 6.07) is 7.58. The molecular weight excluding hydrogens is 314 g/mol. The summed E-state index contributed by atoms with van der Waals surface area (Å²) in [6.45, 7) is 3.72. The fourth-order valence-electron chi connectivity index (χ4n) is 1.84. The van der Waals surface area contributed by atoms with Gasteiger partial charge in [-0.05, 0) is 53.0 Å². The minimum atomic E-state index is -1.05. The first-order valence-corrected chi connectivity index (χ1v) is 6.47. The van der Waals surface area contributed by atoms with Crippen LogP contribution in [-0.4, -0.2) is 5.78 Å². The van der Waals surface area contributed by atoms with E-state index in [9.17, 15) is 13.6 Å². The molecule has 19 heavy (non-hydrogen) atoms. The van der Waals surface area contributed by atoms with Crippen LogP contribution in [0.3, 0.4) is 0 Å². The fourth-order valence-corrected chi connectivity index (χ4v) is 2.35. The maximum atomic E-state index is 13.5. The van der Waals surface area contributed by atoms with Crippen molar-refractivity contribution in [3.63, 3.8) is 0 Å². The molecule has 0 aliphatic rings. The fraction of sp³-hybridized carbons (Fsp3) is 0.133. The Morgan fingerprint density at radius 2 is 1.74 bits per heavy atom. The molecule has 98 valence electrons. The molecule has 0 aromatic heterocycles. The van der Waals surface area contributed by atoms with Crippen molar-refractivity contribution in [1.29, 1.82) is 0 Å². The van der Waals surface area contributed by atoms with Gasteiger partial charge in [0.05, 0.1) is 4.47 Å². The summed E-state index contributed by atoms with van der Waals surface area (Å²) in [5.41, 5.74) is 2.42. The van der Waals surface area contributed by atoms with E-state index in [1.807, 2.05) is 19.9 Å². The van der Waals surface area contributed by atoms with Gasteiger partial charge in [0.2, 0.25) is 0 Å². The molecule has 4 heteroatoms. The van der Waals surface area contributed by atoms with Gasteiger partial charge in [0, 0.05) is 11.1 Å². The van der Waals surface area contributed by atoms with Crippen molar-refractivity contribution in [3.8, 4) is 0 Å². The molecule has 2 aromatic rings. The Bertz CT molecular complexity index is 665. The maximum absolute atomic E-state index is 13.5. The number of carbonyl (C=O) groups is 1. The van der Waals surface area contributed by atoms with E-state index in [4.69, 9.17) is 0 Å². The Balaban J connectivity index is 2.57. The molecule has 0 atom stereocenters. The van der Waals surface area contributed by atoms with Gasteiger partial charge in [-0.15, -0.1) is 0 Å². The largest absolute Gasteiger partial charge is 0.289 e. The van der Waals surface area contributed by atoms with Crippen molar-refractivity contribution < 1.29 is 13.6 Å². The Morgan fingerprint density at radius 1 is 1.05 bits per heavy atom. The summed E-state index contributed by atoms with van der Waals surface area (Å²) < 4.78 is 26.4. The quantitative estimate of drug-likeness (QED) is 0.584. The minimum absolute atomic E-state index is 0.118. The van der Waals surface area contributed by atoms with Crippen molar-refractivity contribution in [1.82, 2.24) is 0 Å². The van der Waals surface area contributed by atoms with Crippen molar-refractivity contribution in [2.45, 2.75) is 13.8 Å². The van der Waals surface area contributed by atoms with Crippen molar-refractivity contribution in [2.24, 2.45) is 0 Å². The lowest BCUT2D eigenvalue weighted by molar-refractivity contribution is 0.103. The number of rotatable bonds is 2. The molecule has 0 saturated carbocycles. The standard InChI is InChI=1S/C15H11BrF2O/c1-8-4-3-5-10(9(8)2)15(19)11-6-7-12(17)14(18)13(11)16/h3-7H,1-2H3. The average Bonchev–Trinajstić information content (AvgIpc) is 2.39. The zero-order valence-corrected chi connectivity index (χ0v) is 12.0. The highest BCUT2D eigenvalue weighted by molar-refractivity contribution is 9.10. The number of hydrogen-bond acceptors (Lipinski definition) is 1. The average molecular weight is 325 g/mol. The molecule has 0 radical (unpaired) electrons. The van der Waals surface area contributed by atoms with Crippen molar-refractivity contribution >= 4 is 21.7 Å². The Hall–Kier alpha value is -1.55. The molecule has 2 rings (SSSR count). The maximum Gasteiger partial charge on any atom is 0.194 e. The monoisotopic (exact) mass is 324 g/mol. The summed E-state index contributed by atoms with van der Waals surface area (Å²) in [4.78, 5) is 12.4. The van der Waals surface area contributed by atoms with Crippen LogP contribution in [0.15, 0.2) is 34.8 Å². The first-order chi connectivity index (χ1) is 8.93. The van der Waals surface area contributed by atoms with Crippen LogP contribution in [0.5, 0.6) is 0 Å². The van der Waals surface area contributed by atoms with Crippen LogP contribution in [0.2, 0.25) is 0 Å². The number of carbonyl (C=O) groups excluding carboxylic acids is 1. The molecular formula is C15H11BrF2O. The number of halogens is 3. The first kappa shape index (κ1) is 13.9. The van der Waals surface area contributed by atoms with Gasteiger partial charge in [-0.3, -0.25) is 4.79 Å². The van der Waals surface area contributed by atoms with E-state index in [-0.39, 0.29) is 15.8 Å². The van der Waals surface area contributed by atoms with Gasteiger partial charge >= 0.3 is 0 Å². The van der Waals surface area contributed by atoms with Gasteiger partial charge in [-0.1, -0.05) is 18.2 Å². The second-order valence-corrected chi connectivity index (χ2v) is 5.09. The number of aryl methyl sites for hydroxylation is 1. The predicted octanol–water partition coefficient (Wildman–Crippen LogP) is 4.58. The minimum Gasteiger partial charge on any atom is -0.289 e. The summed E-state index contributed by atoms with van der Waals surface area (Å²) in [6.07, 6.45) is 0. The van der Waals surface area contributed by atoms with Gasteiger partial charge in [-0.2, -0.15) is 0 Å². The SMILES string of the molecule is Cc1cccc(C(=O)c2ccc(F)c(F)c2Br)c1C. The van der Waals surface area contributed by atoms with Crippen molar-refractivity contribution in [2.75, 3.05) is 0 Å². The second kappa shape index (κ2) is 5.21. The van der Waals surface area contributed by atoms with E-state index < -0.39 is 11.6 Å². The van der Waals surface area contributed by atoms with Gasteiger partial charge < -0.3 is 0 Å². The number of benzene rings is 2. The van der Waals surface area contributed by atoms with Gasteiger partial charge in [0.1, 0.15) is 0 Å². The summed E-state index contributed by atoms with van der Waals surface area (Å²) in [7, 11) is 0. The first-order valence-electron chi connectivity index (χ1n) is 5.68. The molecule has 0 unspecified atom stereocenters. The molecule has 0 N–H and O–H groups in total. The highest BCUT2D eigenvalue weighted by Gasteiger charge is 2.19. The van der Waals surface area contributed by atoms with Crippen LogP contribution in [-0.2, 0) is 0 Å². The summed E-state index contributed by atoms with van der Waals surface area (Å²) in [5, 5.41) is 0. The van der Waals surface area contributed by atoms with Gasteiger partial charge in [0.25, 0.3) is 0 Å².